The maximum absolute atomic E-state index is 13.5. The third-order valence-electron chi connectivity index (χ3n) is 2.66. The Balaban J connectivity index is 2.48. The first kappa shape index (κ1) is 16.6. The summed E-state index contributed by atoms with van der Waals surface area (Å²) in [5.41, 5.74) is 0.108. The van der Waals surface area contributed by atoms with E-state index >= 15 is 0 Å². The maximum atomic E-state index is 13.5. The van der Waals surface area contributed by atoms with E-state index in [0.29, 0.717) is 19.6 Å². The van der Waals surface area contributed by atoms with E-state index in [1.165, 1.54) is 12.1 Å². The Kier molecular flexibility index (Phi) is 7.22. The van der Waals surface area contributed by atoms with Gasteiger partial charge in [-0.1, -0.05) is 17.7 Å². The highest BCUT2D eigenvalue weighted by atomic mass is 35.5. The van der Waals surface area contributed by atoms with Crippen molar-refractivity contribution in [2.45, 2.75) is 6.42 Å². The minimum Gasteiger partial charge on any atom is -0.395 e. The van der Waals surface area contributed by atoms with Crippen molar-refractivity contribution in [3.05, 3.63) is 41.7 Å². The summed E-state index contributed by atoms with van der Waals surface area (Å²) in [6.45, 7) is 5.15. The van der Waals surface area contributed by atoms with Crippen LogP contribution in [-0.4, -0.2) is 42.2 Å². The number of carbonyl (C=O) groups excluding carboxylic acids is 1. The van der Waals surface area contributed by atoms with E-state index in [1.54, 1.807) is 6.08 Å². The molecule has 0 aliphatic rings. The second-order valence-corrected chi connectivity index (χ2v) is 4.67. The molecule has 1 amide bonds. The molecule has 20 heavy (non-hydrogen) atoms. The summed E-state index contributed by atoms with van der Waals surface area (Å²) in [6.07, 6.45) is 1.91. The van der Waals surface area contributed by atoms with E-state index in [4.69, 9.17) is 16.7 Å². The molecule has 1 aromatic rings. The van der Waals surface area contributed by atoms with Gasteiger partial charge in [-0.3, -0.25) is 9.69 Å². The fourth-order valence-corrected chi connectivity index (χ4v) is 1.84. The third kappa shape index (κ3) is 5.69. The van der Waals surface area contributed by atoms with Crippen molar-refractivity contribution >= 4 is 23.2 Å². The zero-order valence-corrected chi connectivity index (χ0v) is 11.9. The normalized spacial score (nSPS) is 10.6. The fourth-order valence-electron chi connectivity index (χ4n) is 1.68. The number of halogens is 2. The molecule has 1 aromatic carbocycles. The molecular weight excluding hydrogens is 283 g/mol. The molecule has 0 saturated heterocycles. The first-order chi connectivity index (χ1) is 9.56. The fraction of sp³-hybridized carbons (Fsp3) is 0.357. The lowest BCUT2D eigenvalue weighted by atomic mass is 10.3. The van der Waals surface area contributed by atoms with E-state index in [1.807, 2.05) is 4.90 Å². The number of anilines is 1. The van der Waals surface area contributed by atoms with E-state index < -0.39 is 5.82 Å². The Labute approximate surface area is 122 Å². The Bertz CT molecular complexity index is 468. The van der Waals surface area contributed by atoms with Crippen molar-refractivity contribution < 1.29 is 14.3 Å². The van der Waals surface area contributed by atoms with Crippen molar-refractivity contribution in [1.29, 1.82) is 0 Å². The Hall–Kier alpha value is -1.43. The van der Waals surface area contributed by atoms with Gasteiger partial charge in [-0.05, 0) is 18.2 Å². The topological polar surface area (TPSA) is 52.6 Å². The van der Waals surface area contributed by atoms with Gasteiger partial charge in [0.05, 0.1) is 12.3 Å². The van der Waals surface area contributed by atoms with Gasteiger partial charge in [-0.2, -0.15) is 0 Å². The minimum absolute atomic E-state index is 0.0152. The molecule has 0 aliphatic carbocycles. The van der Waals surface area contributed by atoms with Gasteiger partial charge in [0.1, 0.15) is 5.82 Å². The zero-order chi connectivity index (χ0) is 15.0. The van der Waals surface area contributed by atoms with E-state index in [0.717, 1.165) is 6.07 Å². The highest BCUT2D eigenvalue weighted by Crippen LogP contribution is 2.18. The molecule has 110 valence electrons. The molecule has 0 atom stereocenters. The predicted octanol–water partition coefficient (Wildman–Crippen LogP) is 2.29. The second-order valence-electron chi connectivity index (χ2n) is 4.24. The largest absolute Gasteiger partial charge is 0.395 e. The van der Waals surface area contributed by atoms with E-state index in [2.05, 4.69) is 11.9 Å². The number of carbonyl (C=O) groups is 1. The van der Waals surface area contributed by atoms with Crippen LogP contribution in [0.25, 0.3) is 0 Å². The van der Waals surface area contributed by atoms with Crippen LogP contribution in [0.15, 0.2) is 30.9 Å². The molecule has 0 heterocycles. The van der Waals surface area contributed by atoms with Crippen LogP contribution in [0.1, 0.15) is 6.42 Å². The van der Waals surface area contributed by atoms with Crippen molar-refractivity contribution in [3.63, 3.8) is 0 Å². The smallest absolute Gasteiger partial charge is 0.225 e. The van der Waals surface area contributed by atoms with Gasteiger partial charge < -0.3 is 10.4 Å². The molecule has 0 fully saturated rings. The number of aliphatic hydroxyl groups is 1. The molecule has 1 rings (SSSR count). The van der Waals surface area contributed by atoms with E-state index in [-0.39, 0.29) is 29.6 Å². The zero-order valence-electron chi connectivity index (χ0n) is 11.1. The summed E-state index contributed by atoms with van der Waals surface area (Å²) in [5.74, 6) is -0.859. The average molecular weight is 301 g/mol. The number of rotatable bonds is 8. The van der Waals surface area contributed by atoms with Crippen molar-refractivity contribution in [2.24, 2.45) is 0 Å². The third-order valence-corrected chi connectivity index (χ3v) is 2.90. The van der Waals surface area contributed by atoms with E-state index in [9.17, 15) is 9.18 Å². The van der Waals surface area contributed by atoms with Crippen molar-refractivity contribution in [1.82, 2.24) is 4.90 Å². The lowest BCUT2D eigenvalue weighted by Crippen LogP contribution is -2.30. The summed E-state index contributed by atoms with van der Waals surface area (Å²) >= 11 is 5.63. The van der Waals surface area contributed by atoms with Gasteiger partial charge >= 0.3 is 0 Å². The van der Waals surface area contributed by atoms with Crippen LogP contribution >= 0.6 is 11.6 Å². The number of nitrogens with one attached hydrogen (secondary N) is 1. The number of benzene rings is 1. The van der Waals surface area contributed by atoms with Gasteiger partial charge in [0, 0.05) is 31.1 Å². The number of hydrogen-bond donors (Lipinski definition) is 2. The standard InChI is InChI=1S/C14H18ClFN2O2/c1-2-6-18(8-9-19)7-5-14(20)17-13-4-3-11(15)10-12(13)16/h2-4,10,19H,1,5-9H2,(H,17,20). The first-order valence-corrected chi connectivity index (χ1v) is 6.63. The molecular formula is C14H18ClFN2O2. The van der Waals surface area contributed by atoms with Crippen molar-refractivity contribution in [3.8, 4) is 0 Å². The van der Waals surface area contributed by atoms with Crippen LogP contribution in [-0.2, 0) is 4.79 Å². The molecule has 0 aromatic heterocycles. The summed E-state index contributed by atoms with van der Waals surface area (Å²) in [7, 11) is 0. The predicted molar refractivity (Wildman–Crippen MR) is 78.4 cm³/mol. The van der Waals surface area contributed by atoms with Gasteiger partial charge in [-0.25, -0.2) is 4.39 Å². The number of amides is 1. The number of aliphatic hydroxyl groups excluding tert-OH is 1. The average Bonchev–Trinajstić information content (AvgIpc) is 2.40. The lowest BCUT2D eigenvalue weighted by molar-refractivity contribution is -0.116. The molecule has 0 spiro atoms. The molecule has 0 radical (unpaired) electrons. The van der Waals surface area contributed by atoms with Crippen LogP contribution in [0.5, 0.6) is 0 Å². The summed E-state index contributed by atoms with van der Waals surface area (Å²) < 4.78 is 13.5. The molecule has 4 nitrogen and oxygen atoms in total. The first-order valence-electron chi connectivity index (χ1n) is 6.26. The molecule has 2 N–H and O–H groups in total. The van der Waals surface area contributed by atoms with Gasteiger partial charge in [-0.15, -0.1) is 6.58 Å². The quantitative estimate of drug-likeness (QED) is 0.724. The number of nitrogens with zero attached hydrogens (tertiary/aromatic N) is 1. The van der Waals surface area contributed by atoms with Gasteiger partial charge in [0.25, 0.3) is 0 Å². The van der Waals surface area contributed by atoms with Crippen LogP contribution in [0.4, 0.5) is 10.1 Å². The Morgan fingerprint density at radius 1 is 1.50 bits per heavy atom. The molecule has 0 bridgehead atoms. The minimum atomic E-state index is -0.566. The SMILES string of the molecule is C=CCN(CCO)CCC(=O)Nc1ccc(Cl)cc1F. The number of hydrogen-bond acceptors (Lipinski definition) is 3. The summed E-state index contributed by atoms with van der Waals surface area (Å²) in [5, 5.41) is 11.7. The Morgan fingerprint density at radius 2 is 2.25 bits per heavy atom. The molecule has 0 saturated carbocycles. The maximum Gasteiger partial charge on any atom is 0.225 e. The monoisotopic (exact) mass is 300 g/mol. The van der Waals surface area contributed by atoms with Crippen LogP contribution in [0.2, 0.25) is 5.02 Å². The summed E-state index contributed by atoms with van der Waals surface area (Å²) in [4.78, 5) is 13.6. The highest BCUT2D eigenvalue weighted by molar-refractivity contribution is 6.30. The van der Waals surface area contributed by atoms with Gasteiger partial charge in [0.15, 0.2) is 0 Å². The van der Waals surface area contributed by atoms with Crippen LogP contribution in [0, 0.1) is 5.82 Å². The van der Waals surface area contributed by atoms with Crippen LogP contribution < -0.4 is 5.32 Å². The Morgan fingerprint density at radius 3 is 2.85 bits per heavy atom. The molecule has 6 heteroatoms. The van der Waals surface area contributed by atoms with Crippen LogP contribution in [0.3, 0.4) is 0 Å². The van der Waals surface area contributed by atoms with Gasteiger partial charge in [0.2, 0.25) is 5.91 Å². The second kappa shape index (κ2) is 8.68. The highest BCUT2D eigenvalue weighted by Gasteiger charge is 2.09. The van der Waals surface area contributed by atoms with Crippen molar-refractivity contribution in [2.75, 3.05) is 31.6 Å². The summed E-state index contributed by atoms with van der Waals surface area (Å²) in [6, 6.07) is 4.08. The molecule has 0 unspecified atom stereocenters. The molecule has 0 aliphatic heterocycles. The lowest BCUT2D eigenvalue weighted by Gasteiger charge is -2.18.